The number of hydrogen-bond donors (Lipinski definition) is 1. The van der Waals surface area contributed by atoms with Crippen LogP contribution < -0.4 is 5.32 Å². The van der Waals surface area contributed by atoms with Crippen LogP contribution in [0, 0.1) is 11.8 Å². The lowest BCUT2D eigenvalue weighted by Crippen LogP contribution is -2.57. The molecule has 1 atom stereocenters. The molecule has 4 rings (SSSR count). The maximum absolute atomic E-state index is 12.1. The third kappa shape index (κ3) is 3.50. The lowest BCUT2D eigenvalue weighted by molar-refractivity contribution is -0.123. The van der Waals surface area contributed by atoms with Gasteiger partial charge in [0, 0.05) is 19.0 Å². The molecular formula is C16H28N2O. The van der Waals surface area contributed by atoms with Crippen LogP contribution in [0.15, 0.2) is 0 Å². The van der Waals surface area contributed by atoms with Crippen molar-refractivity contribution in [3.05, 3.63) is 0 Å². The van der Waals surface area contributed by atoms with Crippen LogP contribution in [0.1, 0.15) is 57.8 Å². The summed E-state index contributed by atoms with van der Waals surface area (Å²) >= 11 is 0. The molecule has 3 aliphatic heterocycles. The van der Waals surface area contributed by atoms with Gasteiger partial charge in [-0.1, -0.05) is 32.1 Å². The number of fused-ring (bicyclic) bond motifs is 3. The predicted octanol–water partition coefficient (Wildman–Crippen LogP) is 2.56. The van der Waals surface area contributed by atoms with E-state index in [2.05, 4.69) is 10.2 Å². The van der Waals surface area contributed by atoms with E-state index in [0.29, 0.717) is 11.9 Å². The first-order chi connectivity index (χ1) is 9.31. The van der Waals surface area contributed by atoms with Crippen LogP contribution in [-0.4, -0.2) is 36.5 Å². The first-order valence-electron chi connectivity index (χ1n) is 8.33. The van der Waals surface area contributed by atoms with Crippen molar-refractivity contribution in [2.24, 2.45) is 11.8 Å². The highest BCUT2D eigenvalue weighted by atomic mass is 16.1. The zero-order valence-corrected chi connectivity index (χ0v) is 12.1. The first-order valence-corrected chi connectivity index (χ1v) is 8.33. The van der Waals surface area contributed by atoms with E-state index in [9.17, 15) is 4.79 Å². The van der Waals surface area contributed by atoms with Crippen molar-refractivity contribution in [1.82, 2.24) is 10.2 Å². The summed E-state index contributed by atoms with van der Waals surface area (Å²) < 4.78 is 0. The van der Waals surface area contributed by atoms with Crippen LogP contribution in [0.5, 0.6) is 0 Å². The number of piperidine rings is 3. The Morgan fingerprint density at radius 1 is 1.05 bits per heavy atom. The van der Waals surface area contributed by atoms with Gasteiger partial charge in [-0.25, -0.2) is 0 Å². The van der Waals surface area contributed by atoms with Crippen molar-refractivity contribution in [2.45, 2.75) is 63.8 Å². The van der Waals surface area contributed by atoms with Gasteiger partial charge in [-0.3, -0.25) is 4.79 Å². The van der Waals surface area contributed by atoms with Gasteiger partial charge in [-0.15, -0.1) is 0 Å². The Morgan fingerprint density at radius 3 is 2.42 bits per heavy atom. The summed E-state index contributed by atoms with van der Waals surface area (Å²) in [7, 11) is 0. The Balaban J connectivity index is 1.39. The zero-order chi connectivity index (χ0) is 13.1. The Hall–Kier alpha value is -0.570. The molecule has 3 heteroatoms. The predicted molar refractivity (Wildman–Crippen MR) is 76.9 cm³/mol. The van der Waals surface area contributed by atoms with Crippen LogP contribution in [0.3, 0.4) is 0 Å². The molecule has 19 heavy (non-hydrogen) atoms. The molecule has 108 valence electrons. The van der Waals surface area contributed by atoms with E-state index in [1.165, 1.54) is 58.0 Å². The minimum atomic E-state index is 0.310. The van der Waals surface area contributed by atoms with Crippen LogP contribution >= 0.6 is 0 Å². The fraction of sp³-hybridized carbons (Fsp3) is 0.938. The van der Waals surface area contributed by atoms with Crippen molar-refractivity contribution in [3.8, 4) is 0 Å². The summed E-state index contributed by atoms with van der Waals surface area (Å²) in [6.45, 7) is 3.60. The summed E-state index contributed by atoms with van der Waals surface area (Å²) in [5, 5.41) is 3.31. The number of amides is 1. The minimum absolute atomic E-state index is 0.310. The van der Waals surface area contributed by atoms with Crippen molar-refractivity contribution in [3.63, 3.8) is 0 Å². The topological polar surface area (TPSA) is 32.3 Å². The van der Waals surface area contributed by atoms with Crippen LogP contribution in [-0.2, 0) is 4.79 Å². The molecule has 0 spiro atoms. The lowest BCUT2D eigenvalue weighted by Gasteiger charge is -2.45. The summed E-state index contributed by atoms with van der Waals surface area (Å²) in [5.41, 5.74) is 0. The Morgan fingerprint density at radius 2 is 1.79 bits per heavy atom. The van der Waals surface area contributed by atoms with Gasteiger partial charge in [-0.05, 0) is 44.2 Å². The van der Waals surface area contributed by atoms with Crippen molar-refractivity contribution in [2.75, 3.05) is 19.6 Å². The molecule has 4 fully saturated rings. The highest BCUT2D eigenvalue weighted by molar-refractivity contribution is 5.76. The highest BCUT2D eigenvalue weighted by Gasteiger charge is 2.34. The number of nitrogens with one attached hydrogen (secondary N) is 1. The first kappa shape index (κ1) is 13.4. The normalized spacial score (nSPS) is 35.3. The average molecular weight is 264 g/mol. The fourth-order valence-electron chi connectivity index (χ4n) is 4.22. The van der Waals surface area contributed by atoms with Crippen LogP contribution in [0.2, 0.25) is 0 Å². The van der Waals surface area contributed by atoms with Gasteiger partial charge in [0.1, 0.15) is 0 Å². The standard InChI is InChI=1S/C16H28N2O/c19-16(7-6-13-4-2-1-3-5-13)17-15-12-18-10-8-14(15)9-11-18/h13-15H,1-12H2,(H,17,19). The van der Waals surface area contributed by atoms with Crippen molar-refractivity contribution < 1.29 is 4.79 Å². The number of rotatable bonds is 4. The second kappa shape index (κ2) is 6.25. The summed E-state index contributed by atoms with van der Waals surface area (Å²) in [5.74, 6) is 1.89. The Kier molecular flexibility index (Phi) is 4.42. The monoisotopic (exact) mass is 264 g/mol. The molecule has 3 saturated heterocycles. The maximum Gasteiger partial charge on any atom is 0.220 e. The van der Waals surface area contributed by atoms with Gasteiger partial charge in [0.25, 0.3) is 0 Å². The Labute approximate surface area is 117 Å². The summed E-state index contributed by atoms with van der Waals surface area (Å²) in [6, 6.07) is 0.446. The van der Waals surface area contributed by atoms with Crippen molar-refractivity contribution in [1.29, 1.82) is 0 Å². The number of carbonyl (C=O) groups excluding carboxylic acids is 1. The molecule has 1 N–H and O–H groups in total. The SMILES string of the molecule is O=C(CCC1CCCCC1)NC1CN2CCC1CC2. The number of nitrogens with zero attached hydrogens (tertiary/aromatic N) is 1. The molecular weight excluding hydrogens is 236 g/mol. The summed E-state index contributed by atoms with van der Waals surface area (Å²) in [6.07, 6.45) is 11.3. The van der Waals surface area contributed by atoms with Gasteiger partial charge >= 0.3 is 0 Å². The molecule has 0 radical (unpaired) electrons. The highest BCUT2D eigenvalue weighted by Crippen LogP contribution is 2.29. The molecule has 1 aliphatic carbocycles. The Bertz CT molecular complexity index is 304. The molecule has 0 aromatic carbocycles. The lowest BCUT2D eigenvalue weighted by atomic mass is 9.83. The molecule has 3 heterocycles. The summed E-state index contributed by atoms with van der Waals surface area (Å²) in [4.78, 5) is 14.6. The van der Waals surface area contributed by atoms with Crippen LogP contribution in [0.4, 0.5) is 0 Å². The molecule has 4 aliphatic rings. The van der Waals surface area contributed by atoms with Gasteiger partial charge in [-0.2, -0.15) is 0 Å². The van der Waals surface area contributed by atoms with E-state index in [4.69, 9.17) is 0 Å². The second-order valence-electron chi connectivity index (χ2n) is 6.85. The maximum atomic E-state index is 12.1. The van der Waals surface area contributed by atoms with Gasteiger partial charge < -0.3 is 10.2 Å². The van der Waals surface area contributed by atoms with E-state index < -0.39 is 0 Å². The van der Waals surface area contributed by atoms with E-state index in [0.717, 1.165) is 31.2 Å². The third-order valence-corrected chi connectivity index (χ3v) is 5.51. The smallest absolute Gasteiger partial charge is 0.220 e. The molecule has 1 saturated carbocycles. The quantitative estimate of drug-likeness (QED) is 0.846. The molecule has 0 aromatic rings. The van der Waals surface area contributed by atoms with E-state index >= 15 is 0 Å². The van der Waals surface area contributed by atoms with Gasteiger partial charge in [0.15, 0.2) is 0 Å². The molecule has 1 unspecified atom stereocenters. The van der Waals surface area contributed by atoms with Crippen molar-refractivity contribution >= 4 is 5.91 Å². The molecule has 3 nitrogen and oxygen atoms in total. The number of hydrogen-bond acceptors (Lipinski definition) is 2. The van der Waals surface area contributed by atoms with Crippen LogP contribution in [0.25, 0.3) is 0 Å². The second-order valence-corrected chi connectivity index (χ2v) is 6.85. The van der Waals surface area contributed by atoms with E-state index in [-0.39, 0.29) is 0 Å². The zero-order valence-electron chi connectivity index (χ0n) is 12.1. The third-order valence-electron chi connectivity index (χ3n) is 5.51. The minimum Gasteiger partial charge on any atom is -0.352 e. The van der Waals surface area contributed by atoms with Gasteiger partial charge in [0.05, 0.1) is 0 Å². The number of carbonyl (C=O) groups is 1. The largest absolute Gasteiger partial charge is 0.352 e. The molecule has 0 aromatic heterocycles. The average Bonchev–Trinajstić information content (AvgIpc) is 2.47. The van der Waals surface area contributed by atoms with E-state index in [1.54, 1.807) is 0 Å². The molecule has 2 bridgehead atoms. The fourth-order valence-corrected chi connectivity index (χ4v) is 4.22. The van der Waals surface area contributed by atoms with Gasteiger partial charge in [0.2, 0.25) is 5.91 Å². The molecule has 1 amide bonds. The van der Waals surface area contributed by atoms with E-state index in [1.807, 2.05) is 0 Å².